The maximum atomic E-state index is 13.4. The van der Waals surface area contributed by atoms with Crippen molar-refractivity contribution < 1.29 is 24.2 Å². The fourth-order valence-corrected chi connectivity index (χ4v) is 4.28. The predicted molar refractivity (Wildman–Crippen MR) is 119 cm³/mol. The van der Waals surface area contributed by atoms with Crippen LogP contribution < -0.4 is 14.4 Å². The zero-order valence-corrected chi connectivity index (χ0v) is 17.8. The number of benzene rings is 3. The highest BCUT2D eigenvalue weighted by Gasteiger charge is 2.50. The molecule has 32 heavy (non-hydrogen) atoms. The third kappa shape index (κ3) is 3.51. The summed E-state index contributed by atoms with van der Waals surface area (Å²) in [5.41, 5.74) is 0.270. The Kier molecular flexibility index (Phi) is 5.12. The van der Waals surface area contributed by atoms with Crippen molar-refractivity contribution in [3.63, 3.8) is 0 Å². The molecule has 2 aliphatic heterocycles. The van der Waals surface area contributed by atoms with Gasteiger partial charge in [0, 0.05) is 16.1 Å². The number of aliphatic hydroxyl groups is 1. The minimum atomic E-state index is -1.95. The summed E-state index contributed by atoms with van der Waals surface area (Å²) < 4.78 is 11.1. The quantitative estimate of drug-likeness (QED) is 0.593. The second kappa shape index (κ2) is 7.97. The molecule has 0 saturated heterocycles. The summed E-state index contributed by atoms with van der Waals surface area (Å²) in [5, 5.41) is 12.1. The maximum absolute atomic E-state index is 13.4. The summed E-state index contributed by atoms with van der Waals surface area (Å²) in [5.74, 6) is 0.167. The Hall–Kier alpha value is -3.35. The van der Waals surface area contributed by atoms with Crippen molar-refractivity contribution in [1.82, 2.24) is 0 Å². The highest BCUT2D eigenvalue weighted by Crippen LogP contribution is 2.44. The molecule has 5 rings (SSSR count). The van der Waals surface area contributed by atoms with Gasteiger partial charge in [0.1, 0.15) is 13.2 Å². The summed E-state index contributed by atoms with van der Waals surface area (Å²) in [6, 6.07) is 19.1. The molecular weight excluding hydrogens is 430 g/mol. The third-order valence-corrected chi connectivity index (χ3v) is 6.03. The smallest absolute Gasteiger partial charge is 0.264 e. The van der Waals surface area contributed by atoms with E-state index in [0.29, 0.717) is 46.5 Å². The first kappa shape index (κ1) is 20.5. The molecule has 1 N–H and O–H groups in total. The van der Waals surface area contributed by atoms with E-state index in [1.807, 2.05) is 12.1 Å². The van der Waals surface area contributed by atoms with Crippen molar-refractivity contribution >= 4 is 29.0 Å². The van der Waals surface area contributed by atoms with E-state index in [0.717, 1.165) is 5.56 Å². The lowest BCUT2D eigenvalue weighted by molar-refractivity contribution is -0.136. The van der Waals surface area contributed by atoms with Crippen LogP contribution in [-0.2, 0) is 16.9 Å². The van der Waals surface area contributed by atoms with Gasteiger partial charge in [-0.15, -0.1) is 0 Å². The molecular formula is C25H20ClNO5. The molecule has 6 nitrogen and oxygen atoms in total. The Morgan fingerprint density at radius 3 is 2.50 bits per heavy atom. The highest BCUT2D eigenvalue weighted by molar-refractivity contribution is 6.30. The monoisotopic (exact) mass is 449 g/mol. The van der Waals surface area contributed by atoms with Crippen molar-refractivity contribution in [2.24, 2.45) is 0 Å². The van der Waals surface area contributed by atoms with E-state index >= 15 is 0 Å². The minimum Gasteiger partial charge on any atom is -0.486 e. The maximum Gasteiger partial charge on any atom is 0.264 e. The van der Waals surface area contributed by atoms with E-state index in [9.17, 15) is 14.7 Å². The fraction of sp³-hybridized carbons (Fsp3) is 0.200. The van der Waals surface area contributed by atoms with Crippen molar-refractivity contribution in [3.05, 3.63) is 88.4 Å². The van der Waals surface area contributed by atoms with E-state index in [4.69, 9.17) is 21.1 Å². The van der Waals surface area contributed by atoms with Crippen LogP contribution in [0.3, 0.4) is 0 Å². The van der Waals surface area contributed by atoms with Gasteiger partial charge in [-0.3, -0.25) is 9.59 Å². The van der Waals surface area contributed by atoms with Crippen LogP contribution >= 0.6 is 11.6 Å². The molecule has 0 unspecified atom stereocenters. The van der Waals surface area contributed by atoms with Gasteiger partial charge in [-0.1, -0.05) is 41.9 Å². The van der Waals surface area contributed by atoms with E-state index in [2.05, 4.69) is 0 Å². The minimum absolute atomic E-state index is 0.257. The standard InChI is InChI=1S/C25H20ClNO5/c26-18-8-5-16(6-9-18)15-27-20-4-2-1-3-19(20)25(30,24(27)29)14-21(28)17-7-10-22-23(13-17)32-12-11-31-22/h1-10,13,30H,11-12,14-15H2/t25-/m1/s1. The van der Waals surface area contributed by atoms with Gasteiger partial charge < -0.3 is 19.5 Å². The van der Waals surface area contributed by atoms with Gasteiger partial charge in [0.05, 0.1) is 18.7 Å². The number of para-hydroxylation sites is 1. The van der Waals surface area contributed by atoms with Crippen molar-refractivity contribution in [2.45, 2.75) is 18.6 Å². The van der Waals surface area contributed by atoms with E-state index in [1.54, 1.807) is 54.6 Å². The van der Waals surface area contributed by atoms with Crippen LogP contribution in [-0.4, -0.2) is 30.0 Å². The van der Waals surface area contributed by atoms with Crippen molar-refractivity contribution in [2.75, 3.05) is 18.1 Å². The van der Waals surface area contributed by atoms with Gasteiger partial charge >= 0.3 is 0 Å². The average molecular weight is 450 g/mol. The molecule has 0 aliphatic carbocycles. The molecule has 0 spiro atoms. The molecule has 2 heterocycles. The number of hydrogen-bond acceptors (Lipinski definition) is 5. The van der Waals surface area contributed by atoms with Crippen LogP contribution in [0.2, 0.25) is 5.02 Å². The second-order valence-corrected chi connectivity index (χ2v) is 8.29. The summed E-state index contributed by atoms with van der Waals surface area (Å²) >= 11 is 5.97. The SMILES string of the molecule is O=C(C[C@]1(O)C(=O)N(Cc2ccc(Cl)cc2)c2ccccc21)c1ccc2c(c1)OCCO2. The van der Waals surface area contributed by atoms with Gasteiger partial charge in [0.2, 0.25) is 0 Å². The summed E-state index contributed by atoms with van der Waals surface area (Å²) in [4.78, 5) is 28.0. The highest BCUT2D eigenvalue weighted by atomic mass is 35.5. The lowest BCUT2D eigenvalue weighted by Crippen LogP contribution is -2.41. The molecule has 0 saturated carbocycles. The van der Waals surface area contributed by atoms with Gasteiger partial charge in [-0.2, -0.15) is 0 Å². The number of anilines is 1. The zero-order chi connectivity index (χ0) is 22.3. The lowest BCUT2D eigenvalue weighted by atomic mass is 9.88. The Morgan fingerprint density at radius 2 is 1.72 bits per heavy atom. The molecule has 3 aromatic rings. The van der Waals surface area contributed by atoms with Crippen LogP contribution in [0.1, 0.15) is 27.9 Å². The lowest BCUT2D eigenvalue weighted by Gasteiger charge is -2.23. The molecule has 0 radical (unpaired) electrons. The Morgan fingerprint density at radius 1 is 1.00 bits per heavy atom. The predicted octanol–water partition coefficient (Wildman–Crippen LogP) is 4.12. The number of Topliss-reactive ketones (excluding diaryl/α,β-unsaturated/α-hetero) is 1. The third-order valence-electron chi connectivity index (χ3n) is 5.77. The molecule has 3 aromatic carbocycles. The number of carbonyl (C=O) groups is 2. The average Bonchev–Trinajstić information content (AvgIpc) is 3.02. The number of ether oxygens (including phenoxy) is 2. The number of rotatable bonds is 5. The summed E-state index contributed by atoms with van der Waals surface area (Å²) in [6.45, 7) is 1.11. The van der Waals surface area contributed by atoms with Gasteiger partial charge in [-0.25, -0.2) is 0 Å². The van der Waals surface area contributed by atoms with Crippen LogP contribution in [0.4, 0.5) is 5.69 Å². The number of amides is 1. The molecule has 0 bridgehead atoms. The number of halogens is 1. The molecule has 1 amide bonds. The number of carbonyl (C=O) groups excluding carboxylic acids is 2. The number of ketones is 1. The first-order valence-corrected chi connectivity index (χ1v) is 10.6. The fourth-order valence-electron chi connectivity index (χ4n) is 4.16. The topological polar surface area (TPSA) is 76.1 Å². The summed E-state index contributed by atoms with van der Waals surface area (Å²) in [6.07, 6.45) is -0.375. The van der Waals surface area contributed by atoms with Gasteiger partial charge in [0.25, 0.3) is 5.91 Å². The molecule has 2 aliphatic rings. The normalized spacial score (nSPS) is 19.1. The van der Waals surface area contributed by atoms with Crippen molar-refractivity contribution in [1.29, 1.82) is 0 Å². The Balaban J connectivity index is 1.44. The Bertz CT molecular complexity index is 1210. The van der Waals surface area contributed by atoms with Gasteiger partial charge in [0.15, 0.2) is 22.9 Å². The van der Waals surface area contributed by atoms with Crippen LogP contribution in [0, 0.1) is 0 Å². The first-order valence-electron chi connectivity index (χ1n) is 10.3. The molecule has 0 aromatic heterocycles. The van der Waals surface area contributed by atoms with Crippen LogP contribution in [0.5, 0.6) is 11.5 Å². The van der Waals surface area contributed by atoms with Crippen LogP contribution in [0.15, 0.2) is 66.7 Å². The molecule has 1 atom stereocenters. The van der Waals surface area contributed by atoms with E-state index in [-0.39, 0.29) is 18.7 Å². The van der Waals surface area contributed by atoms with Crippen molar-refractivity contribution in [3.8, 4) is 11.5 Å². The van der Waals surface area contributed by atoms with Crippen LogP contribution in [0.25, 0.3) is 0 Å². The first-order chi connectivity index (χ1) is 15.5. The second-order valence-electron chi connectivity index (χ2n) is 7.85. The largest absolute Gasteiger partial charge is 0.486 e. The van der Waals surface area contributed by atoms with E-state index < -0.39 is 11.5 Å². The molecule has 7 heteroatoms. The van der Waals surface area contributed by atoms with Gasteiger partial charge in [-0.05, 0) is 42.0 Å². The Labute approximate surface area is 189 Å². The number of hydrogen-bond donors (Lipinski definition) is 1. The molecule has 0 fully saturated rings. The number of nitrogens with zero attached hydrogens (tertiary/aromatic N) is 1. The summed E-state index contributed by atoms with van der Waals surface area (Å²) in [7, 11) is 0. The zero-order valence-electron chi connectivity index (χ0n) is 17.1. The number of fused-ring (bicyclic) bond motifs is 2. The molecule has 162 valence electrons. The van der Waals surface area contributed by atoms with E-state index in [1.165, 1.54) is 4.90 Å².